The molecule has 3 aliphatic rings. The van der Waals surface area contributed by atoms with Crippen LogP contribution in [-0.4, -0.2) is 60.4 Å². The van der Waals surface area contributed by atoms with Crippen molar-refractivity contribution in [3.05, 3.63) is 35.6 Å². The van der Waals surface area contributed by atoms with E-state index in [1.54, 1.807) is 6.07 Å². The van der Waals surface area contributed by atoms with Crippen molar-refractivity contribution >= 4 is 11.8 Å². The standard InChI is InChI=1S/C21H28FN3O2/c22-17-5-3-4-16(14-17)21(8-1-2-9-21)20(27)25-12-10-24(11-13-25)15-19(26)23-18-6-7-18/h3-5,14,18H,1-2,6-13,15H2,(H,23,26). The van der Waals surface area contributed by atoms with Crippen molar-refractivity contribution in [1.82, 2.24) is 15.1 Å². The summed E-state index contributed by atoms with van der Waals surface area (Å²) in [6.07, 6.45) is 5.78. The van der Waals surface area contributed by atoms with Gasteiger partial charge >= 0.3 is 0 Å². The molecule has 146 valence electrons. The van der Waals surface area contributed by atoms with Crippen LogP contribution in [0.3, 0.4) is 0 Å². The Labute approximate surface area is 159 Å². The fourth-order valence-corrected chi connectivity index (χ4v) is 4.51. The van der Waals surface area contributed by atoms with Crippen molar-refractivity contribution < 1.29 is 14.0 Å². The number of nitrogens with one attached hydrogen (secondary N) is 1. The van der Waals surface area contributed by atoms with Crippen LogP contribution in [0.15, 0.2) is 24.3 Å². The van der Waals surface area contributed by atoms with Crippen LogP contribution < -0.4 is 5.32 Å². The van der Waals surface area contributed by atoms with Gasteiger partial charge in [-0.2, -0.15) is 0 Å². The highest BCUT2D eigenvalue weighted by molar-refractivity contribution is 5.89. The van der Waals surface area contributed by atoms with Gasteiger partial charge in [-0.1, -0.05) is 25.0 Å². The zero-order valence-corrected chi connectivity index (χ0v) is 15.8. The average Bonchev–Trinajstić information content (AvgIpc) is 3.33. The van der Waals surface area contributed by atoms with Crippen LogP contribution in [0.25, 0.3) is 0 Å². The first-order valence-electron chi connectivity index (χ1n) is 10.1. The second-order valence-corrected chi connectivity index (χ2v) is 8.21. The lowest BCUT2D eigenvalue weighted by atomic mass is 9.77. The van der Waals surface area contributed by atoms with Crippen LogP contribution in [0.1, 0.15) is 44.1 Å². The average molecular weight is 373 g/mol. The lowest BCUT2D eigenvalue weighted by molar-refractivity contribution is -0.139. The van der Waals surface area contributed by atoms with Gasteiger partial charge in [-0.15, -0.1) is 0 Å². The predicted octanol–water partition coefficient (Wildman–Crippen LogP) is 2.06. The summed E-state index contributed by atoms with van der Waals surface area (Å²) in [4.78, 5) is 29.4. The van der Waals surface area contributed by atoms with Gasteiger partial charge in [-0.05, 0) is 43.4 Å². The lowest BCUT2D eigenvalue weighted by Crippen LogP contribution is -2.55. The number of halogens is 1. The Balaban J connectivity index is 1.39. The molecule has 1 heterocycles. The summed E-state index contributed by atoms with van der Waals surface area (Å²) >= 11 is 0. The van der Waals surface area contributed by atoms with Crippen molar-refractivity contribution in [3.8, 4) is 0 Å². The molecule has 27 heavy (non-hydrogen) atoms. The van der Waals surface area contributed by atoms with Gasteiger partial charge in [0.2, 0.25) is 11.8 Å². The molecular formula is C21H28FN3O2. The van der Waals surface area contributed by atoms with Crippen molar-refractivity contribution in [3.63, 3.8) is 0 Å². The zero-order valence-electron chi connectivity index (χ0n) is 15.8. The molecule has 0 radical (unpaired) electrons. The molecule has 1 aromatic carbocycles. The number of hydrogen-bond acceptors (Lipinski definition) is 3. The highest BCUT2D eigenvalue weighted by Gasteiger charge is 2.45. The topological polar surface area (TPSA) is 52.7 Å². The minimum atomic E-state index is -0.576. The number of carbonyl (C=O) groups excluding carboxylic acids is 2. The first-order valence-corrected chi connectivity index (χ1v) is 10.1. The van der Waals surface area contributed by atoms with E-state index in [9.17, 15) is 14.0 Å². The Kier molecular flexibility index (Phi) is 5.17. The minimum absolute atomic E-state index is 0.0873. The SMILES string of the molecule is O=C(CN1CCN(C(=O)C2(c3cccc(F)c3)CCCC2)CC1)NC1CC1. The van der Waals surface area contributed by atoms with Gasteiger partial charge in [-0.3, -0.25) is 14.5 Å². The molecular weight excluding hydrogens is 345 g/mol. The molecule has 6 heteroatoms. The summed E-state index contributed by atoms with van der Waals surface area (Å²) in [5.41, 5.74) is 0.240. The Morgan fingerprint density at radius 1 is 1.11 bits per heavy atom. The van der Waals surface area contributed by atoms with Gasteiger partial charge in [0.1, 0.15) is 5.82 Å². The maximum Gasteiger partial charge on any atom is 0.234 e. The highest BCUT2D eigenvalue weighted by atomic mass is 19.1. The van der Waals surface area contributed by atoms with Gasteiger partial charge in [0, 0.05) is 32.2 Å². The highest BCUT2D eigenvalue weighted by Crippen LogP contribution is 2.43. The molecule has 5 nitrogen and oxygen atoms in total. The summed E-state index contributed by atoms with van der Waals surface area (Å²) in [6.45, 7) is 3.10. The second-order valence-electron chi connectivity index (χ2n) is 8.21. The van der Waals surface area contributed by atoms with Gasteiger partial charge < -0.3 is 10.2 Å². The first kappa shape index (κ1) is 18.4. The smallest absolute Gasteiger partial charge is 0.234 e. The minimum Gasteiger partial charge on any atom is -0.352 e. The van der Waals surface area contributed by atoms with E-state index in [1.807, 2.05) is 11.0 Å². The van der Waals surface area contributed by atoms with Crippen LogP contribution in [0.5, 0.6) is 0 Å². The van der Waals surface area contributed by atoms with Crippen molar-refractivity contribution in [2.24, 2.45) is 0 Å². The third kappa shape index (κ3) is 4.00. The van der Waals surface area contributed by atoms with Crippen LogP contribution in [0.4, 0.5) is 4.39 Å². The number of rotatable bonds is 5. The molecule has 0 atom stereocenters. The Morgan fingerprint density at radius 3 is 2.44 bits per heavy atom. The molecule has 2 aliphatic carbocycles. The predicted molar refractivity (Wildman–Crippen MR) is 101 cm³/mol. The summed E-state index contributed by atoms with van der Waals surface area (Å²) in [5, 5.41) is 3.02. The molecule has 1 aliphatic heterocycles. The Hall–Kier alpha value is -1.95. The van der Waals surface area contributed by atoms with Crippen molar-refractivity contribution in [2.45, 2.75) is 50.0 Å². The Bertz CT molecular complexity index is 705. The van der Waals surface area contributed by atoms with E-state index in [1.165, 1.54) is 12.1 Å². The molecule has 1 saturated heterocycles. The number of nitrogens with zero attached hydrogens (tertiary/aromatic N) is 2. The zero-order chi connectivity index (χ0) is 18.9. The third-order valence-corrected chi connectivity index (χ3v) is 6.21. The number of benzene rings is 1. The normalized spacial score (nSPS) is 22.6. The quantitative estimate of drug-likeness (QED) is 0.860. The van der Waals surface area contributed by atoms with E-state index in [0.717, 1.165) is 44.1 Å². The van der Waals surface area contributed by atoms with Gasteiger partial charge in [0.05, 0.1) is 12.0 Å². The molecule has 0 unspecified atom stereocenters. The molecule has 4 rings (SSSR count). The molecule has 1 N–H and O–H groups in total. The number of piperazine rings is 1. The molecule has 3 fully saturated rings. The third-order valence-electron chi connectivity index (χ3n) is 6.21. The van der Waals surface area contributed by atoms with Crippen molar-refractivity contribution in [2.75, 3.05) is 32.7 Å². The fourth-order valence-electron chi connectivity index (χ4n) is 4.51. The maximum atomic E-state index is 13.8. The van der Waals surface area contributed by atoms with E-state index in [4.69, 9.17) is 0 Å². The summed E-state index contributed by atoms with van der Waals surface area (Å²) < 4.78 is 13.8. The molecule has 0 bridgehead atoms. The maximum absolute atomic E-state index is 13.8. The molecule has 2 amide bonds. The van der Waals surface area contributed by atoms with Gasteiger partial charge in [0.25, 0.3) is 0 Å². The van der Waals surface area contributed by atoms with Crippen LogP contribution in [-0.2, 0) is 15.0 Å². The van der Waals surface area contributed by atoms with E-state index < -0.39 is 5.41 Å². The summed E-state index contributed by atoms with van der Waals surface area (Å²) in [5.74, 6) is -0.0601. The lowest BCUT2D eigenvalue weighted by Gasteiger charge is -2.40. The molecule has 1 aromatic rings. The first-order chi connectivity index (χ1) is 13.1. The van der Waals surface area contributed by atoms with E-state index in [0.29, 0.717) is 38.8 Å². The van der Waals surface area contributed by atoms with E-state index in [-0.39, 0.29) is 17.6 Å². The van der Waals surface area contributed by atoms with Crippen LogP contribution >= 0.6 is 0 Å². The second kappa shape index (κ2) is 7.58. The van der Waals surface area contributed by atoms with E-state index >= 15 is 0 Å². The molecule has 0 spiro atoms. The van der Waals surface area contributed by atoms with Crippen LogP contribution in [0.2, 0.25) is 0 Å². The number of carbonyl (C=O) groups is 2. The monoisotopic (exact) mass is 373 g/mol. The summed E-state index contributed by atoms with van der Waals surface area (Å²) in [6, 6.07) is 6.94. The fraction of sp³-hybridized carbons (Fsp3) is 0.619. The van der Waals surface area contributed by atoms with Gasteiger partial charge in [-0.25, -0.2) is 4.39 Å². The Morgan fingerprint density at radius 2 is 1.81 bits per heavy atom. The van der Waals surface area contributed by atoms with Crippen LogP contribution in [0, 0.1) is 5.82 Å². The largest absolute Gasteiger partial charge is 0.352 e. The van der Waals surface area contributed by atoms with Crippen molar-refractivity contribution in [1.29, 1.82) is 0 Å². The number of amides is 2. The molecule has 0 aromatic heterocycles. The van der Waals surface area contributed by atoms with Gasteiger partial charge in [0.15, 0.2) is 0 Å². The molecule has 2 saturated carbocycles. The summed E-state index contributed by atoms with van der Waals surface area (Å²) in [7, 11) is 0. The van der Waals surface area contributed by atoms with E-state index in [2.05, 4.69) is 10.2 Å². The number of hydrogen-bond donors (Lipinski definition) is 1.